The van der Waals surface area contributed by atoms with Gasteiger partial charge in [0.2, 0.25) is 5.88 Å². The minimum Gasteiger partial charge on any atom is -0.479 e. The van der Waals surface area contributed by atoms with E-state index in [2.05, 4.69) is 21.7 Å². The first-order valence-electron chi connectivity index (χ1n) is 9.25. The average molecular weight is 406 g/mol. The molecule has 0 radical (unpaired) electrons. The zero-order chi connectivity index (χ0) is 20.3. The molecule has 0 saturated carbocycles. The third-order valence-electron chi connectivity index (χ3n) is 5.10. The van der Waals surface area contributed by atoms with Crippen molar-refractivity contribution in [2.45, 2.75) is 30.8 Å². The van der Waals surface area contributed by atoms with Crippen LogP contribution in [0.15, 0.2) is 35.2 Å². The summed E-state index contributed by atoms with van der Waals surface area (Å²) in [6.45, 7) is 3.73. The number of sulfonamides is 1. The lowest BCUT2D eigenvalue weighted by Crippen LogP contribution is -2.20. The quantitative estimate of drug-likeness (QED) is 0.796. The largest absolute Gasteiger partial charge is 0.479 e. The second-order valence-electron chi connectivity index (χ2n) is 7.01. The Morgan fingerprint density at radius 2 is 1.82 bits per heavy atom. The third-order valence-corrected chi connectivity index (χ3v) is 6.48. The van der Waals surface area contributed by atoms with Gasteiger partial charge in [-0.3, -0.25) is 4.72 Å². The highest BCUT2D eigenvalue weighted by atomic mass is 32.2. The summed E-state index contributed by atoms with van der Waals surface area (Å²) in [5.41, 5.74) is 3.28. The molecular formula is C20H27N3O4S. The maximum absolute atomic E-state index is 12.9. The summed E-state index contributed by atoms with van der Waals surface area (Å²) in [5.74, 6) is 0.288. The fourth-order valence-corrected chi connectivity index (χ4v) is 4.26. The van der Waals surface area contributed by atoms with Crippen molar-refractivity contribution in [3.05, 3.63) is 47.2 Å². The van der Waals surface area contributed by atoms with Gasteiger partial charge in [0, 0.05) is 32.3 Å². The summed E-state index contributed by atoms with van der Waals surface area (Å²) in [5, 5.41) is 0. The monoisotopic (exact) mass is 405 g/mol. The van der Waals surface area contributed by atoms with Crippen molar-refractivity contribution in [2.75, 3.05) is 39.1 Å². The van der Waals surface area contributed by atoms with Crippen LogP contribution in [-0.2, 0) is 27.6 Å². The Labute approximate surface area is 166 Å². The molecule has 1 aliphatic rings. The molecule has 0 spiro atoms. The van der Waals surface area contributed by atoms with E-state index in [0.29, 0.717) is 5.69 Å². The minimum atomic E-state index is -3.76. The molecule has 8 heteroatoms. The lowest BCUT2D eigenvalue weighted by atomic mass is 10.1. The number of nitrogens with one attached hydrogen (secondary N) is 1. The minimum absolute atomic E-state index is 0.100. The molecule has 2 aromatic rings. The maximum atomic E-state index is 12.9. The Kier molecular flexibility index (Phi) is 6.22. The Bertz CT molecular complexity index is 929. The Hall–Kier alpha value is -2.16. The topological polar surface area (TPSA) is 80.8 Å². The predicted molar refractivity (Wildman–Crippen MR) is 108 cm³/mol. The summed E-state index contributed by atoms with van der Waals surface area (Å²) in [6, 6.07) is 8.51. The lowest BCUT2D eigenvalue weighted by molar-refractivity contribution is 0.119. The van der Waals surface area contributed by atoms with E-state index >= 15 is 0 Å². The van der Waals surface area contributed by atoms with Crippen LogP contribution in [0.4, 0.5) is 5.69 Å². The Morgan fingerprint density at radius 3 is 2.46 bits per heavy atom. The fourth-order valence-electron chi connectivity index (χ4n) is 3.21. The van der Waals surface area contributed by atoms with E-state index in [0.717, 1.165) is 42.8 Å². The van der Waals surface area contributed by atoms with Crippen LogP contribution in [0.3, 0.4) is 0 Å². The highest BCUT2D eigenvalue weighted by molar-refractivity contribution is 7.92. The van der Waals surface area contributed by atoms with Gasteiger partial charge in [0.05, 0.1) is 18.1 Å². The number of methoxy groups -OCH3 is 2. The molecule has 1 aromatic heterocycles. The van der Waals surface area contributed by atoms with Crippen molar-refractivity contribution < 1.29 is 17.9 Å². The zero-order valence-electron chi connectivity index (χ0n) is 16.7. The van der Waals surface area contributed by atoms with Gasteiger partial charge in [0.25, 0.3) is 10.0 Å². The van der Waals surface area contributed by atoms with Gasteiger partial charge in [-0.2, -0.15) is 0 Å². The van der Waals surface area contributed by atoms with Crippen LogP contribution in [0.25, 0.3) is 0 Å². The normalized spacial score (nSPS) is 16.1. The molecule has 7 nitrogen and oxygen atoms in total. The number of rotatable bonds is 6. The van der Waals surface area contributed by atoms with Gasteiger partial charge in [-0.15, -0.1) is 0 Å². The van der Waals surface area contributed by atoms with Crippen LogP contribution in [0, 0.1) is 0 Å². The summed E-state index contributed by atoms with van der Waals surface area (Å²) >= 11 is 0. The smallest absolute Gasteiger partial charge is 0.262 e. The molecule has 0 bridgehead atoms. The van der Waals surface area contributed by atoms with Gasteiger partial charge in [-0.25, -0.2) is 13.4 Å². The van der Waals surface area contributed by atoms with Crippen molar-refractivity contribution >= 4 is 15.7 Å². The van der Waals surface area contributed by atoms with Gasteiger partial charge < -0.3 is 14.4 Å². The lowest BCUT2D eigenvalue weighted by Gasteiger charge is -2.15. The van der Waals surface area contributed by atoms with Crippen molar-refractivity contribution in [3.63, 3.8) is 0 Å². The number of aromatic nitrogens is 1. The Morgan fingerprint density at radius 1 is 1.14 bits per heavy atom. The summed E-state index contributed by atoms with van der Waals surface area (Å²) in [4.78, 5) is 6.97. The average Bonchev–Trinajstić information content (AvgIpc) is 2.88. The number of hydrogen-bond donors (Lipinski definition) is 1. The van der Waals surface area contributed by atoms with E-state index in [4.69, 9.17) is 9.47 Å². The van der Waals surface area contributed by atoms with Gasteiger partial charge in [-0.05, 0) is 49.7 Å². The molecule has 1 N–H and O–H groups in total. The van der Waals surface area contributed by atoms with Gasteiger partial charge >= 0.3 is 0 Å². The zero-order valence-corrected chi connectivity index (χ0v) is 17.5. The van der Waals surface area contributed by atoms with Gasteiger partial charge in [-0.1, -0.05) is 12.1 Å². The van der Waals surface area contributed by atoms with E-state index in [1.54, 1.807) is 31.4 Å². The number of hydrogen-bond acceptors (Lipinski definition) is 6. The van der Waals surface area contributed by atoms with Crippen molar-refractivity contribution in [1.82, 2.24) is 9.88 Å². The molecule has 152 valence electrons. The van der Waals surface area contributed by atoms with Gasteiger partial charge in [0.15, 0.2) is 0 Å². The van der Waals surface area contributed by atoms with E-state index in [1.807, 2.05) is 13.0 Å². The molecule has 28 heavy (non-hydrogen) atoms. The van der Waals surface area contributed by atoms with Crippen molar-refractivity contribution in [2.24, 2.45) is 0 Å². The van der Waals surface area contributed by atoms with E-state index in [1.165, 1.54) is 7.11 Å². The molecule has 1 atom stereocenters. The van der Waals surface area contributed by atoms with Crippen LogP contribution in [0.5, 0.6) is 5.88 Å². The second-order valence-corrected chi connectivity index (χ2v) is 8.69. The second kappa shape index (κ2) is 8.46. The molecular weight excluding hydrogens is 378 g/mol. The van der Waals surface area contributed by atoms with Gasteiger partial charge in [0.1, 0.15) is 5.69 Å². The van der Waals surface area contributed by atoms with Crippen LogP contribution in [0.2, 0.25) is 0 Å². The number of ether oxygens (including phenoxy) is 2. The first-order valence-corrected chi connectivity index (χ1v) is 10.7. The van der Waals surface area contributed by atoms with Crippen LogP contribution in [0.1, 0.15) is 29.8 Å². The molecule has 0 saturated heterocycles. The predicted octanol–water partition coefficient (Wildman–Crippen LogP) is 2.63. The van der Waals surface area contributed by atoms with E-state index in [9.17, 15) is 8.42 Å². The number of nitrogens with zero attached hydrogens (tertiary/aromatic N) is 2. The molecule has 0 fully saturated rings. The summed E-state index contributed by atoms with van der Waals surface area (Å²) in [6.07, 6.45) is 1.53. The molecule has 3 rings (SSSR count). The summed E-state index contributed by atoms with van der Waals surface area (Å²) < 4.78 is 39.0. The number of fused-ring (bicyclic) bond motifs is 1. The fraction of sp³-hybridized carbons (Fsp3) is 0.450. The standard InChI is InChI=1S/C20H27N3O4S/c1-14(26-3)15-5-7-17(8-6-15)28(24,25)22-19-13-16-9-11-23(2)12-10-18(16)21-20(19)27-4/h5-8,13-14,22H,9-12H2,1-4H3/t14-/m1/s1. The summed E-state index contributed by atoms with van der Waals surface area (Å²) in [7, 11) is 1.42. The highest BCUT2D eigenvalue weighted by Gasteiger charge is 2.21. The molecule has 1 aliphatic heterocycles. The van der Waals surface area contributed by atoms with Crippen LogP contribution in [-0.4, -0.2) is 52.7 Å². The Balaban J connectivity index is 1.89. The van der Waals surface area contributed by atoms with Crippen LogP contribution >= 0.6 is 0 Å². The molecule has 0 amide bonds. The third kappa shape index (κ3) is 4.45. The number of likely N-dealkylation sites (N-methyl/N-ethyl adjacent to an activating group) is 1. The van der Waals surface area contributed by atoms with Crippen LogP contribution < -0.4 is 9.46 Å². The first kappa shape index (κ1) is 20.6. The maximum Gasteiger partial charge on any atom is 0.262 e. The molecule has 2 heterocycles. The molecule has 1 aromatic carbocycles. The molecule has 0 unspecified atom stereocenters. The van der Waals surface area contributed by atoms with Crippen molar-refractivity contribution in [1.29, 1.82) is 0 Å². The van der Waals surface area contributed by atoms with Crippen molar-refractivity contribution in [3.8, 4) is 5.88 Å². The number of pyridine rings is 1. The van der Waals surface area contributed by atoms with E-state index < -0.39 is 10.0 Å². The number of benzene rings is 1. The molecule has 0 aliphatic carbocycles. The number of anilines is 1. The SMILES string of the molecule is COc1nc2c(cc1NS(=O)(=O)c1ccc([C@@H](C)OC)cc1)CCN(C)CC2. The first-order chi connectivity index (χ1) is 13.3. The van der Waals surface area contributed by atoms with E-state index in [-0.39, 0.29) is 16.9 Å². The highest BCUT2D eigenvalue weighted by Crippen LogP contribution is 2.29.